The molecule has 140 valence electrons. The predicted molar refractivity (Wildman–Crippen MR) is 98.0 cm³/mol. The van der Waals surface area contributed by atoms with Crippen LogP contribution in [0, 0.1) is 5.13 Å². The van der Waals surface area contributed by atoms with Gasteiger partial charge in [0.25, 0.3) is 0 Å². The lowest BCUT2D eigenvalue weighted by Crippen LogP contribution is -2.11. The SMILES string of the molecule is Fc1ccc(/C=N/Nc2nc(-c3ccc(Cl)c(Cl)c3)cc(C(F)(F)F)n2)s1. The van der Waals surface area contributed by atoms with Crippen molar-refractivity contribution < 1.29 is 17.6 Å². The lowest BCUT2D eigenvalue weighted by molar-refractivity contribution is -0.141. The van der Waals surface area contributed by atoms with Crippen LogP contribution in [0.1, 0.15) is 10.6 Å². The van der Waals surface area contributed by atoms with E-state index >= 15 is 0 Å². The summed E-state index contributed by atoms with van der Waals surface area (Å²) < 4.78 is 52.4. The van der Waals surface area contributed by atoms with Crippen LogP contribution in [0.3, 0.4) is 0 Å². The number of benzene rings is 1. The first-order valence-electron chi connectivity index (χ1n) is 7.18. The molecule has 2 aromatic heterocycles. The maximum atomic E-state index is 13.2. The first kappa shape index (κ1) is 19.5. The number of hydrogen-bond acceptors (Lipinski definition) is 5. The highest BCUT2D eigenvalue weighted by Crippen LogP contribution is 2.33. The zero-order valence-corrected chi connectivity index (χ0v) is 15.4. The number of rotatable bonds is 4. The number of alkyl halides is 3. The van der Waals surface area contributed by atoms with Crippen molar-refractivity contribution in [3.8, 4) is 11.3 Å². The van der Waals surface area contributed by atoms with E-state index in [1.165, 1.54) is 36.5 Å². The number of nitrogens with zero attached hydrogens (tertiary/aromatic N) is 3. The highest BCUT2D eigenvalue weighted by Gasteiger charge is 2.33. The molecule has 0 aliphatic heterocycles. The summed E-state index contributed by atoms with van der Waals surface area (Å²) in [5.41, 5.74) is 1.48. The summed E-state index contributed by atoms with van der Waals surface area (Å²) in [5, 5.41) is 3.77. The Kier molecular flexibility index (Phi) is 5.64. The van der Waals surface area contributed by atoms with Crippen molar-refractivity contribution in [3.63, 3.8) is 0 Å². The molecule has 0 saturated carbocycles. The smallest absolute Gasteiger partial charge is 0.245 e. The number of halogens is 6. The molecular formula is C16H8Cl2F4N4S. The fourth-order valence-corrected chi connectivity index (χ4v) is 2.90. The van der Waals surface area contributed by atoms with Gasteiger partial charge in [-0.25, -0.2) is 15.4 Å². The van der Waals surface area contributed by atoms with Gasteiger partial charge < -0.3 is 0 Å². The topological polar surface area (TPSA) is 50.2 Å². The van der Waals surface area contributed by atoms with Crippen LogP contribution in [0.15, 0.2) is 41.5 Å². The minimum absolute atomic E-state index is 0.0178. The van der Waals surface area contributed by atoms with E-state index in [0.29, 0.717) is 10.4 Å². The van der Waals surface area contributed by atoms with E-state index in [-0.39, 0.29) is 21.7 Å². The predicted octanol–water partition coefficient (Wildman–Crippen LogP) is 6.12. The fourth-order valence-electron chi connectivity index (χ4n) is 2.00. The van der Waals surface area contributed by atoms with Gasteiger partial charge in [-0.3, -0.25) is 0 Å². The second-order valence-electron chi connectivity index (χ2n) is 5.10. The van der Waals surface area contributed by atoms with Crippen molar-refractivity contribution in [2.24, 2.45) is 5.10 Å². The largest absolute Gasteiger partial charge is 0.433 e. The van der Waals surface area contributed by atoms with Gasteiger partial charge in [0.05, 0.1) is 26.8 Å². The second-order valence-corrected chi connectivity index (χ2v) is 6.98. The highest BCUT2D eigenvalue weighted by molar-refractivity contribution is 7.12. The zero-order chi connectivity index (χ0) is 19.6. The van der Waals surface area contributed by atoms with Gasteiger partial charge >= 0.3 is 6.18 Å². The molecule has 0 amide bonds. The van der Waals surface area contributed by atoms with E-state index in [9.17, 15) is 17.6 Å². The summed E-state index contributed by atoms with van der Waals surface area (Å²) in [5.74, 6) is -0.376. The standard InChI is InChI=1S/C16H8Cl2F4N4S/c17-10-3-1-8(5-11(10)18)12-6-13(16(20,21)22)25-15(24-12)26-23-7-9-2-4-14(19)27-9/h1-7H,(H,24,25,26)/b23-7+. The van der Waals surface area contributed by atoms with Crippen LogP contribution in [0.25, 0.3) is 11.3 Å². The summed E-state index contributed by atoms with van der Waals surface area (Å²) in [6.45, 7) is 0. The Bertz CT molecular complexity index is 1000. The van der Waals surface area contributed by atoms with E-state index in [4.69, 9.17) is 23.2 Å². The van der Waals surface area contributed by atoms with Crippen LogP contribution in [0.2, 0.25) is 10.0 Å². The summed E-state index contributed by atoms with van der Waals surface area (Å²) in [4.78, 5) is 7.90. The van der Waals surface area contributed by atoms with E-state index in [1.807, 2.05) is 0 Å². The van der Waals surface area contributed by atoms with Crippen molar-refractivity contribution in [2.45, 2.75) is 6.18 Å². The Morgan fingerprint density at radius 2 is 1.81 bits per heavy atom. The summed E-state index contributed by atoms with van der Waals surface area (Å²) in [6, 6.07) is 7.84. The van der Waals surface area contributed by atoms with Crippen molar-refractivity contribution in [1.29, 1.82) is 0 Å². The third-order valence-corrected chi connectivity index (χ3v) is 4.73. The van der Waals surface area contributed by atoms with Crippen LogP contribution < -0.4 is 5.43 Å². The molecule has 1 aromatic carbocycles. The Labute approximate surface area is 164 Å². The van der Waals surface area contributed by atoms with E-state index < -0.39 is 17.0 Å². The van der Waals surface area contributed by atoms with Crippen molar-refractivity contribution in [2.75, 3.05) is 5.43 Å². The summed E-state index contributed by atoms with van der Waals surface area (Å²) in [6.07, 6.45) is -3.44. The number of hydrazone groups is 1. The Morgan fingerprint density at radius 1 is 1.04 bits per heavy atom. The molecule has 3 aromatic rings. The molecule has 0 spiro atoms. The third kappa shape index (κ3) is 4.94. The fraction of sp³-hybridized carbons (Fsp3) is 0.0625. The van der Waals surface area contributed by atoms with E-state index in [0.717, 1.165) is 17.4 Å². The molecule has 27 heavy (non-hydrogen) atoms. The minimum Gasteiger partial charge on any atom is -0.245 e. The third-order valence-electron chi connectivity index (χ3n) is 3.18. The van der Waals surface area contributed by atoms with Crippen LogP contribution in [-0.2, 0) is 6.18 Å². The zero-order valence-electron chi connectivity index (χ0n) is 13.1. The number of nitrogens with one attached hydrogen (secondary N) is 1. The van der Waals surface area contributed by atoms with Crippen LogP contribution in [0.5, 0.6) is 0 Å². The average molecular weight is 435 g/mol. The monoisotopic (exact) mass is 434 g/mol. The highest BCUT2D eigenvalue weighted by atomic mass is 35.5. The lowest BCUT2D eigenvalue weighted by Gasteiger charge is -2.10. The molecule has 0 saturated heterocycles. The van der Waals surface area contributed by atoms with Crippen molar-refractivity contribution in [1.82, 2.24) is 9.97 Å². The normalized spacial score (nSPS) is 11.9. The van der Waals surface area contributed by atoms with Gasteiger partial charge in [0.15, 0.2) is 10.8 Å². The van der Waals surface area contributed by atoms with E-state index in [1.54, 1.807) is 0 Å². The molecule has 1 N–H and O–H groups in total. The molecular weight excluding hydrogens is 427 g/mol. The number of hydrogen-bond donors (Lipinski definition) is 1. The Balaban J connectivity index is 1.95. The van der Waals surface area contributed by atoms with Gasteiger partial charge in [0.1, 0.15) is 0 Å². The average Bonchev–Trinajstić information content (AvgIpc) is 3.01. The van der Waals surface area contributed by atoms with Crippen molar-refractivity contribution >= 4 is 46.7 Å². The molecule has 0 fully saturated rings. The molecule has 2 heterocycles. The number of anilines is 1. The van der Waals surface area contributed by atoms with E-state index in [2.05, 4.69) is 20.5 Å². The molecule has 3 rings (SSSR count). The number of thiophene rings is 1. The van der Waals surface area contributed by atoms with Gasteiger partial charge in [-0.15, -0.1) is 11.3 Å². The molecule has 4 nitrogen and oxygen atoms in total. The van der Waals surface area contributed by atoms with Crippen molar-refractivity contribution in [3.05, 3.63) is 62.1 Å². The molecule has 0 aliphatic rings. The molecule has 0 radical (unpaired) electrons. The maximum absolute atomic E-state index is 13.2. The first-order chi connectivity index (χ1) is 12.7. The minimum atomic E-state index is -4.69. The maximum Gasteiger partial charge on any atom is 0.433 e. The quantitative estimate of drug-likeness (QED) is 0.305. The first-order valence-corrected chi connectivity index (χ1v) is 8.76. The molecule has 0 bridgehead atoms. The molecule has 0 unspecified atom stereocenters. The molecule has 11 heteroatoms. The molecule has 0 atom stereocenters. The van der Waals surface area contributed by atoms with Crippen LogP contribution >= 0.6 is 34.5 Å². The van der Waals surface area contributed by atoms with Crippen LogP contribution in [0.4, 0.5) is 23.5 Å². The van der Waals surface area contributed by atoms with Gasteiger partial charge in [-0.1, -0.05) is 29.3 Å². The number of aromatic nitrogens is 2. The van der Waals surface area contributed by atoms with Gasteiger partial charge in [0, 0.05) is 5.56 Å². The van der Waals surface area contributed by atoms with Crippen LogP contribution in [-0.4, -0.2) is 16.2 Å². The van der Waals surface area contributed by atoms with Gasteiger partial charge in [-0.2, -0.15) is 22.7 Å². The lowest BCUT2D eigenvalue weighted by atomic mass is 10.1. The van der Waals surface area contributed by atoms with Gasteiger partial charge in [0.2, 0.25) is 5.95 Å². The Hall–Kier alpha value is -2.23. The summed E-state index contributed by atoms with van der Waals surface area (Å²) >= 11 is 12.6. The van der Waals surface area contributed by atoms with Gasteiger partial charge in [-0.05, 0) is 30.3 Å². The summed E-state index contributed by atoms with van der Waals surface area (Å²) in [7, 11) is 0. The Morgan fingerprint density at radius 3 is 2.44 bits per heavy atom. The molecule has 0 aliphatic carbocycles. The second kappa shape index (κ2) is 7.79.